The van der Waals surface area contributed by atoms with Gasteiger partial charge in [0.05, 0.1) is 6.10 Å². The largest absolute Gasteiger partial charge is 0.373 e. The molecule has 108 valence electrons. The Balaban J connectivity index is 1.87. The average molecular weight is 274 g/mol. The van der Waals surface area contributed by atoms with Crippen LogP contribution >= 0.6 is 0 Å². The summed E-state index contributed by atoms with van der Waals surface area (Å²) in [5, 5.41) is 5.83. The first-order valence-corrected chi connectivity index (χ1v) is 7.05. The lowest BCUT2D eigenvalue weighted by atomic mass is 9.97. The lowest BCUT2D eigenvalue weighted by molar-refractivity contribution is 0.00224. The molecular formula is C16H22N2O2. The minimum Gasteiger partial charge on any atom is -0.373 e. The summed E-state index contributed by atoms with van der Waals surface area (Å²) in [6, 6.07) is 10.1. The van der Waals surface area contributed by atoms with Crippen molar-refractivity contribution >= 4 is 6.03 Å². The van der Waals surface area contributed by atoms with E-state index in [1.807, 2.05) is 25.1 Å². The van der Waals surface area contributed by atoms with Crippen LogP contribution in [0.4, 0.5) is 4.79 Å². The summed E-state index contributed by atoms with van der Waals surface area (Å²) in [5.41, 5.74) is 1.17. The number of hydrogen-bond acceptors (Lipinski definition) is 2. The van der Waals surface area contributed by atoms with Crippen molar-refractivity contribution in [3.8, 4) is 0 Å². The number of nitrogens with one attached hydrogen (secondary N) is 2. The van der Waals surface area contributed by atoms with Gasteiger partial charge >= 0.3 is 6.03 Å². The van der Waals surface area contributed by atoms with Crippen LogP contribution in [0.5, 0.6) is 0 Å². The van der Waals surface area contributed by atoms with Crippen molar-refractivity contribution in [3.05, 3.63) is 48.6 Å². The van der Waals surface area contributed by atoms with Gasteiger partial charge in [0, 0.05) is 18.7 Å². The van der Waals surface area contributed by atoms with Crippen LogP contribution in [-0.2, 0) is 4.74 Å². The van der Waals surface area contributed by atoms with Crippen LogP contribution < -0.4 is 10.6 Å². The molecule has 20 heavy (non-hydrogen) atoms. The lowest BCUT2D eigenvalue weighted by Gasteiger charge is -2.30. The van der Waals surface area contributed by atoms with Crippen molar-refractivity contribution < 1.29 is 9.53 Å². The Bertz CT molecular complexity index is 447. The van der Waals surface area contributed by atoms with Gasteiger partial charge < -0.3 is 15.4 Å². The van der Waals surface area contributed by atoms with Gasteiger partial charge in [-0.05, 0) is 25.3 Å². The van der Waals surface area contributed by atoms with E-state index in [0.29, 0.717) is 6.61 Å². The van der Waals surface area contributed by atoms with Gasteiger partial charge in [-0.2, -0.15) is 0 Å². The third kappa shape index (κ3) is 4.10. The third-order valence-corrected chi connectivity index (χ3v) is 3.50. The predicted molar refractivity (Wildman–Crippen MR) is 79.5 cm³/mol. The topological polar surface area (TPSA) is 50.4 Å². The van der Waals surface area contributed by atoms with Crippen LogP contribution in [0.2, 0.25) is 0 Å². The minimum absolute atomic E-state index is 0.0280. The van der Waals surface area contributed by atoms with Crippen LogP contribution in [0.15, 0.2) is 43.0 Å². The Kier molecular flexibility index (Phi) is 5.18. The molecule has 2 amide bonds. The molecule has 0 radical (unpaired) electrons. The molecule has 0 unspecified atom stereocenters. The van der Waals surface area contributed by atoms with Crippen molar-refractivity contribution in [2.45, 2.75) is 38.0 Å². The fourth-order valence-electron chi connectivity index (χ4n) is 2.32. The van der Waals surface area contributed by atoms with Gasteiger partial charge in [-0.25, -0.2) is 4.79 Å². The van der Waals surface area contributed by atoms with Crippen molar-refractivity contribution in [2.24, 2.45) is 0 Å². The predicted octanol–water partition coefficient (Wildman–Crippen LogP) is 2.78. The number of carbonyl (C=O) groups excluding carboxylic acids is 1. The first kappa shape index (κ1) is 14.6. The summed E-state index contributed by atoms with van der Waals surface area (Å²) in [6.45, 7) is 6.21. The Hall–Kier alpha value is -1.81. The molecule has 0 aliphatic carbocycles. The highest BCUT2D eigenvalue weighted by Gasteiger charge is 2.25. The molecule has 2 rings (SSSR count). The van der Waals surface area contributed by atoms with E-state index in [-0.39, 0.29) is 24.2 Å². The standard InChI is InChI=1S/C16H22N2O2/c1-3-12(2)17-16(19)18-14-9-10-20-15(11-14)13-7-5-4-6-8-13/h3-8,12,14-15H,1,9-11H2,2H3,(H2,17,18,19)/t12-,14-,15+/m0/s1. The van der Waals surface area contributed by atoms with E-state index in [9.17, 15) is 4.79 Å². The highest BCUT2D eigenvalue weighted by atomic mass is 16.5. The highest BCUT2D eigenvalue weighted by molar-refractivity contribution is 5.74. The second kappa shape index (κ2) is 7.10. The van der Waals surface area contributed by atoms with Crippen molar-refractivity contribution in [2.75, 3.05) is 6.61 Å². The summed E-state index contributed by atoms with van der Waals surface area (Å²) in [6.07, 6.45) is 3.42. The van der Waals surface area contributed by atoms with Gasteiger partial charge in [0.1, 0.15) is 0 Å². The van der Waals surface area contributed by atoms with Crippen molar-refractivity contribution in [3.63, 3.8) is 0 Å². The van der Waals surface area contributed by atoms with Gasteiger partial charge in [-0.1, -0.05) is 36.4 Å². The van der Waals surface area contributed by atoms with E-state index >= 15 is 0 Å². The second-order valence-corrected chi connectivity index (χ2v) is 5.13. The van der Waals surface area contributed by atoms with Gasteiger partial charge in [0.15, 0.2) is 0 Å². The van der Waals surface area contributed by atoms with E-state index in [1.54, 1.807) is 6.08 Å². The molecule has 0 aromatic heterocycles. The molecule has 0 spiro atoms. The van der Waals surface area contributed by atoms with E-state index in [4.69, 9.17) is 4.74 Å². The monoisotopic (exact) mass is 274 g/mol. The molecule has 2 N–H and O–H groups in total. The number of benzene rings is 1. The SMILES string of the molecule is C=C[C@H](C)NC(=O)N[C@H]1CCO[C@@H](c2ccccc2)C1. The van der Waals surface area contributed by atoms with Crippen LogP contribution in [0, 0.1) is 0 Å². The molecule has 1 aliphatic rings. The molecule has 1 saturated heterocycles. The quantitative estimate of drug-likeness (QED) is 0.829. The Morgan fingerprint density at radius 1 is 1.45 bits per heavy atom. The maximum absolute atomic E-state index is 11.8. The molecule has 1 fully saturated rings. The van der Waals surface area contributed by atoms with Gasteiger partial charge in [0.25, 0.3) is 0 Å². The van der Waals surface area contributed by atoms with Gasteiger partial charge in [0.2, 0.25) is 0 Å². The van der Waals surface area contributed by atoms with Gasteiger partial charge in [-0.15, -0.1) is 6.58 Å². The van der Waals surface area contributed by atoms with Crippen LogP contribution in [0.25, 0.3) is 0 Å². The smallest absolute Gasteiger partial charge is 0.315 e. The third-order valence-electron chi connectivity index (χ3n) is 3.50. The number of ether oxygens (including phenoxy) is 1. The summed E-state index contributed by atoms with van der Waals surface area (Å²) in [7, 11) is 0. The van der Waals surface area contributed by atoms with Gasteiger partial charge in [-0.3, -0.25) is 0 Å². The summed E-state index contributed by atoms with van der Waals surface area (Å²) >= 11 is 0. The van der Waals surface area contributed by atoms with Crippen LogP contribution in [0.1, 0.15) is 31.4 Å². The zero-order valence-corrected chi connectivity index (χ0v) is 11.8. The first-order chi connectivity index (χ1) is 9.69. The van der Waals surface area contributed by atoms with Crippen molar-refractivity contribution in [1.82, 2.24) is 10.6 Å². The van der Waals surface area contributed by atoms with Crippen molar-refractivity contribution in [1.29, 1.82) is 0 Å². The lowest BCUT2D eigenvalue weighted by Crippen LogP contribution is -2.47. The average Bonchev–Trinajstić information content (AvgIpc) is 2.48. The van der Waals surface area contributed by atoms with Crippen LogP contribution in [-0.4, -0.2) is 24.7 Å². The molecule has 1 aliphatic heterocycles. The molecule has 1 heterocycles. The molecule has 0 bridgehead atoms. The molecule has 4 heteroatoms. The van der Waals surface area contributed by atoms with E-state index in [1.165, 1.54) is 5.56 Å². The Morgan fingerprint density at radius 3 is 2.90 bits per heavy atom. The fraction of sp³-hybridized carbons (Fsp3) is 0.438. The van der Waals surface area contributed by atoms with E-state index in [2.05, 4.69) is 29.3 Å². The van der Waals surface area contributed by atoms with Crippen LogP contribution in [0.3, 0.4) is 0 Å². The second-order valence-electron chi connectivity index (χ2n) is 5.13. The number of carbonyl (C=O) groups is 1. The molecule has 1 aromatic carbocycles. The number of hydrogen-bond donors (Lipinski definition) is 2. The minimum atomic E-state index is -0.142. The molecule has 3 atom stereocenters. The zero-order valence-electron chi connectivity index (χ0n) is 11.8. The normalized spacial score (nSPS) is 23.6. The molecule has 1 aromatic rings. The number of amides is 2. The molecule has 0 saturated carbocycles. The Morgan fingerprint density at radius 2 is 2.20 bits per heavy atom. The first-order valence-electron chi connectivity index (χ1n) is 7.05. The maximum atomic E-state index is 11.8. The number of urea groups is 1. The maximum Gasteiger partial charge on any atom is 0.315 e. The fourth-order valence-corrected chi connectivity index (χ4v) is 2.32. The summed E-state index contributed by atoms with van der Waals surface area (Å²) < 4.78 is 5.79. The summed E-state index contributed by atoms with van der Waals surface area (Å²) in [4.78, 5) is 11.8. The van der Waals surface area contributed by atoms with E-state index in [0.717, 1.165) is 12.8 Å². The zero-order chi connectivity index (χ0) is 14.4. The number of rotatable bonds is 4. The molecular weight excluding hydrogens is 252 g/mol. The van der Waals surface area contributed by atoms with E-state index < -0.39 is 0 Å². The summed E-state index contributed by atoms with van der Waals surface area (Å²) in [5.74, 6) is 0. The highest BCUT2D eigenvalue weighted by Crippen LogP contribution is 2.27. The molecule has 4 nitrogen and oxygen atoms in total. The Labute approximate surface area is 120 Å².